The Morgan fingerprint density at radius 1 is 1.27 bits per heavy atom. The van der Waals surface area contributed by atoms with E-state index in [4.69, 9.17) is 5.11 Å². The lowest BCUT2D eigenvalue weighted by Gasteiger charge is -2.15. The molecule has 0 fully saturated rings. The maximum atomic E-state index is 9.33. The largest absolute Gasteiger partial charge is 0.504 e. The molecule has 0 aliphatic carbocycles. The molecule has 62 valence electrons. The molecule has 0 aromatic carbocycles. The fourth-order valence-electron chi connectivity index (χ4n) is 0.875. The van der Waals surface area contributed by atoms with Crippen LogP contribution < -0.4 is 0 Å². The van der Waals surface area contributed by atoms with Gasteiger partial charge in [0, 0.05) is 10.8 Å². The molecule has 0 aliphatic rings. The fraction of sp³-hybridized carbons (Fsp3) is 0.500. The Morgan fingerprint density at radius 2 is 1.82 bits per heavy atom. The third-order valence-corrected chi connectivity index (χ3v) is 2.81. The molecule has 0 spiro atoms. The molecular weight excluding hydrogens is 160 g/mol. The first-order valence-electron chi connectivity index (χ1n) is 3.43. The number of rotatable bonds is 0. The van der Waals surface area contributed by atoms with Crippen LogP contribution in [0, 0.1) is 0 Å². The first-order chi connectivity index (χ1) is 4.93. The van der Waals surface area contributed by atoms with Crippen LogP contribution in [0.1, 0.15) is 25.6 Å². The van der Waals surface area contributed by atoms with Gasteiger partial charge in [-0.3, -0.25) is 0 Å². The Balaban J connectivity index is 3.15. The van der Waals surface area contributed by atoms with E-state index in [1.807, 2.05) is 20.8 Å². The lowest BCUT2D eigenvalue weighted by molar-refractivity contribution is 0.396. The number of aromatic hydroxyl groups is 2. The van der Waals surface area contributed by atoms with Gasteiger partial charge >= 0.3 is 0 Å². The van der Waals surface area contributed by atoms with Gasteiger partial charge in [-0.25, -0.2) is 0 Å². The second-order valence-corrected chi connectivity index (χ2v) is 4.43. The van der Waals surface area contributed by atoms with Crippen molar-refractivity contribution in [1.29, 1.82) is 0 Å². The average molecular weight is 172 g/mol. The van der Waals surface area contributed by atoms with Gasteiger partial charge in [-0.05, 0) is 0 Å². The van der Waals surface area contributed by atoms with Crippen molar-refractivity contribution in [2.75, 3.05) is 0 Å². The molecule has 1 rings (SSSR count). The number of thiophene rings is 1. The highest BCUT2D eigenvalue weighted by Crippen LogP contribution is 2.42. The predicted octanol–water partition coefficient (Wildman–Crippen LogP) is 2.46. The highest BCUT2D eigenvalue weighted by Gasteiger charge is 2.21. The Hall–Kier alpha value is -0.700. The molecule has 2 nitrogen and oxygen atoms in total. The molecule has 0 unspecified atom stereocenters. The second-order valence-electron chi connectivity index (χ2n) is 3.55. The lowest BCUT2D eigenvalue weighted by atomic mass is 9.94. The summed E-state index contributed by atoms with van der Waals surface area (Å²) in [5.41, 5.74) is -0.0876. The van der Waals surface area contributed by atoms with Gasteiger partial charge in [0.1, 0.15) is 0 Å². The maximum absolute atomic E-state index is 9.33. The van der Waals surface area contributed by atoms with Crippen molar-refractivity contribution in [2.24, 2.45) is 0 Å². The van der Waals surface area contributed by atoms with E-state index in [1.54, 1.807) is 5.38 Å². The van der Waals surface area contributed by atoms with Gasteiger partial charge in [-0.1, -0.05) is 20.8 Å². The summed E-state index contributed by atoms with van der Waals surface area (Å²) < 4.78 is 0. The zero-order valence-corrected chi connectivity index (χ0v) is 7.70. The summed E-state index contributed by atoms with van der Waals surface area (Å²) in [6.45, 7) is 5.99. The first-order valence-corrected chi connectivity index (χ1v) is 4.31. The minimum Gasteiger partial charge on any atom is -0.504 e. The summed E-state index contributed by atoms with van der Waals surface area (Å²) in [5.74, 6) is 0.0161. The van der Waals surface area contributed by atoms with Gasteiger partial charge in [0.05, 0.1) is 4.88 Å². The molecule has 3 heteroatoms. The van der Waals surface area contributed by atoms with Crippen molar-refractivity contribution in [1.82, 2.24) is 0 Å². The van der Waals surface area contributed by atoms with Crippen LogP contribution in [0.2, 0.25) is 0 Å². The van der Waals surface area contributed by atoms with Crippen LogP contribution in [0.3, 0.4) is 0 Å². The maximum Gasteiger partial charge on any atom is 0.172 e. The summed E-state index contributed by atoms with van der Waals surface area (Å²) in [6, 6.07) is 0. The fourth-order valence-corrected chi connectivity index (χ4v) is 1.79. The first kappa shape index (κ1) is 8.40. The van der Waals surface area contributed by atoms with E-state index in [0.717, 1.165) is 4.88 Å². The quantitative estimate of drug-likeness (QED) is 0.631. The molecule has 0 bridgehead atoms. The van der Waals surface area contributed by atoms with Gasteiger partial charge in [-0.2, -0.15) is 0 Å². The molecule has 1 aromatic heterocycles. The third-order valence-electron chi connectivity index (χ3n) is 1.43. The number of hydrogen-bond donors (Lipinski definition) is 2. The molecule has 1 heterocycles. The minimum absolute atomic E-state index is 0.0140. The summed E-state index contributed by atoms with van der Waals surface area (Å²) in [4.78, 5) is 0.829. The van der Waals surface area contributed by atoms with Gasteiger partial charge in [0.15, 0.2) is 11.5 Å². The van der Waals surface area contributed by atoms with E-state index in [0.29, 0.717) is 0 Å². The Morgan fingerprint density at radius 3 is 2.00 bits per heavy atom. The summed E-state index contributed by atoms with van der Waals surface area (Å²) in [6.07, 6.45) is 0. The highest BCUT2D eigenvalue weighted by atomic mass is 32.1. The van der Waals surface area contributed by atoms with E-state index < -0.39 is 0 Å². The van der Waals surface area contributed by atoms with Crippen LogP contribution in [0.25, 0.3) is 0 Å². The van der Waals surface area contributed by atoms with Crippen LogP contribution in [0.5, 0.6) is 11.5 Å². The number of hydrogen-bond acceptors (Lipinski definition) is 3. The Kier molecular flexibility index (Phi) is 1.84. The molecular formula is C8H12O2S. The summed E-state index contributed by atoms with van der Waals surface area (Å²) in [7, 11) is 0. The van der Waals surface area contributed by atoms with Crippen molar-refractivity contribution >= 4 is 11.3 Å². The zero-order chi connectivity index (χ0) is 8.65. The van der Waals surface area contributed by atoms with Crippen molar-refractivity contribution < 1.29 is 10.2 Å². The SMILES string of the molecule is CC(C)(C)c1scc(O)c1O. The predicted molar refractivity (Wildman–Crippen MR) is 46.3 cm³/mol. The van der Waals surface area contributed by atoms with Crippen LogP contribution >= 0.6 is 11.3 Å². The van der Waals surface area contributed by atoms with Crippen LogP contribution in [0.15, 0.2) is 5.38 Å². The van der Waals surface area contributed by atoms with E-state index >= 15 is 0 Å². The molecule has 2 N–H and O–H groups in total. The van der Waals surface area contributed by atoms with E-state index in [-0.39, 0.29) is 16.9 Å². The van der Waals surface area contributed by atoms with E-state index in [1.165, 1.54) is 11.3 Å². The van der Waals surface area contributed by atoms with Crippen molar-refractivity contribution in [3.8, 4) is 11.5 Å². The van der Waals surface area contributed by atoms with Crippen LogP contribution in [0.4, 0.5) is 0 Å². The van der Waals surface area contributed by atoms with Crippen LogP contribution in [-0.2, 0) is 5.41 Å². The van der Waals surface area contributed by atoms with Crippen LogP contribution in [-0.4, -0.2) is 10.2 Å². The molecule has 0 saturated heterocycles. The molecule has 0 saturated carbocycles. The molecule has 0 radical (unpaired) electrons. The topological polar surface area (TPSA) is 40.5 Å². The Bertz CT molecular complexity index is 258. The van der Waals surface area contributed by atoms with Gasteiger partial charge in [0.2, 0.25) is 0 Å². The third kappa shape index (κ3) is 1.48. The summed E-state index contributed by atoms with van der Waals surface area (Å²) in [5, 5.41) is 19.9. The standard InChI is InChI=1S/C8H12O2S/c1-8(2,3)7-6(10)5(9)4-11-7/h4,9-10H,1-3H3. The van der Waals surface area contributed by atoms with Gasteiger partial charge < -0.3 is 10.2 Å². The molecule has 0 aliphatic heterocycles. The van der Waals surface area contributed by atoms with Crippen molar-refractivity contribution in [3.63, 3.8) is 0 Å². The second kappa shape index (κ2) is 2.41. The monoisotopic (exact) mass is 172 g/mol. The highest BCUT2D eigenvalue weighted by molar-refractivity contribution is 7.10. The lowest BCUT2D eigenvalue weighted by Crippen LogP contribution is -2.08. The normalized spacial score (nSPS) is 11.9. The molecule has 11 heavy (non-hydrogen) atoms. The summed E-state index contributed by atoms with van der Waals surface area (Å²) >= 11 is 1.38. The smallest absolute Gasteiger partial charge is 0.172 e. The molecule has 0 amide bonds. The van der Waals surface area contributed by atoms with Gasteiger partial charge in [0.25, 0.3) is 0 Å². The van der Waals surface area contributed by atoms with Crippen molar-refractivity contribution in [3.05, 3.63) is 10.3 Å². The van der Waals surface area contributed by atoms with E-state index in [9.17, 15) is 5.11 Å². The van der Waals surface area contributed by atoms with E-state index in [2.05, 4.69) is 0 Å². The molecule has 1 aromatic rings. The minimum atomic E-state index is -0.0876. The molecule has 0 atom stereocenters. The zero-order valence-electron chi connectivity index (χ0n) is 6.88. The Labute approximate surface area is 70.1 Å². The van der Waals surface area contributed by atoms with Gasteiger partial charge in [-0.15, -0.1) is 11.3 Å². The average Bonchev–Trinajstić information content (AvgIpc) is 2.11. The van der Waals surface area contributed by atoms with Crippen molar-refractivity contribution in [2.45, 2.75) is 26.2 Å².